The van der Waals surface area contributed by atoms with Gasteiger partial charge in [0.2, 0.25) is 15.9 Å². The second kappa shape index (κ2) is 6.10. The molecule has 1 amide bonds. The summed E-state index contributed by atoms with van der Waals surface area (Å²) in [5.41, 5.74) is 2.95. The topological polar surface area (TPSA) is 93.4 Å². The van der Waals surface area contributed by atoms with Crippen LogP contribution in [0, 0.1) is 0 Å². The predicted molar refractivity (Wildman–Crippen MR) is 87.4 cm³/mol. The van der Waals surface area contributed by atoms with Crippen LogP contribution < -0.4 is 10.0 Å². The molecule has 1 aliphatic heterocycles. The molecule has 0 bridgehead atoms. The summed E-state index contributed by atoms with van der Waals surface area (Å²) >= 11 is 0. The Labute approximate surface area is 135 Å². The van der Waals surface area contributed by atoms with Crippen molar-refractivity contribution < 1.29 is 13.2 Å². The highest BCUT2D eigenvalue weighted by molar-refractivity contribution is 7.89. The Morgan fingerprint density at radius 1 is 1.09 bits per heavy atom. The van der Waals surface area contributed by atoms with Gasteiger partial charge < -0.3 is 4.90 Å². The number of amides is 1. The van der Waals surface area contributed by atoms with Crippen molar-refractivity contribution in [3.8, 4) is 0 Å². The van der Waals surface area contributed by atoms with Crippen LogP contribution in [0.2, 0.25) is 0 Å². The minimum absolute atomic E-state index is 0.0579. The summed E-state index contributed by atoms with van der Waals surface area (Å²) in [6.07, 6.45) is 4.22. The Balaban J connectivity index is 1.74. The molecule has 1 aromatic carbocycles. The van der Waals surface area contributed by atoms with Crippen molar-refractivity contribution in [2.45, 2.75) is 18.1 Å². The fraction of sp³-hybridized carbons (Fsp3) is 0.250. The van der Waals surface area contributed by atoms with Crippen LogP contribution in [0.3, 0.4) is 0 Å². The van der Waals surface area contributed by atoms with Crippen molar-refractivity contribution in [2.75, 3.05) is 11.4 Å². The predicted octanol–water partition coefficient (Wildman–Crippen LogP) is 1.07. The normalized spacial score (nSPS) is 18.4. The lowest BCUT2D eigenvalue weighted by Gasteiger charge is -2.16. The van der Waals surface area contributed by atoms with Crippen LogP contribution in [-0.4, -0.2) is 31.1 Å². The maximum atomic E-state index is 12.0. The fourth-order valence-electron chi connectivity index (χ4n) is 2.67. The highest BCUT2D eigenvalue weighted by Crippen LogP contribution is 2.25. The van der Waals surface area contributed by atoms with Crippen molar-refractivity contribution in [1.29, 1.82) is 0 Å². The number of hydrogen-bond donors (Lipinski definition) is 1. The molecule has 2 aromatic rings. The summed E-state index contributed by atoms with van der Waals surface area (Å²) in [7, 11) is -3.69. The number of carbonyl (C=O) groups is 1. The van der Waals surface area contributed by atoms with Crippen molar-refractivity contribution in [2.24, 2.45) is 5.14 Å². The van der Waals surface area contributed by atoms with Gasteiger partial charge in [-0.25, -0.2) is 13.6 Å². The van der Waals surface area contributed by atoms with Crippen molar-refractivity contribution in [3.63, 3.8) is 0 Å². The monoisotopic (exact) mass is 331 g/mol. The maximum Gasteiger partial charge on any atom is 0.228 e. The average Bonchev–Trinajstić information content (AvgIpc) is 2.91. The van der Waals surface area contributed by atoms with Gasteiger partial charge in [0.25, 0.3) is 0 Å². The van der Waals surface area contributed by atoms with E-state index in [2.05, 4.69) is 4.98 Å². The van der Waals surface area contributed by atoms with Crippen LogP contribution >= 0.6 is 0 Å². The molecule has 1 atom stereocenters. The first-order chi connectivity index (χ1) is 10.9. The second-order valence-electron chi connectivity index (χ2n) is 5.62. The summed E-state index contributed by atoms with van der Waals surface area (Å²) in [6, 6.07) is 11.4. The first kappa shape index (κ1) is 15.6. The van der Waals surface area contributed by atoms with Gasteiger partial charge >= 0.3 is 0 Å². The number of nitrogens with two attached hydrogens (primary N) is 1. The number of rotatable bonds is 4. The molecule has 120 valence electrons. The van der Waals surface area contributed by atoms with Gasteiger partial charge in [-0.3, -0.25) is 9.78 Å². The van der Waals surface area contributed by atoms with E-state index < -0.39 is 15.3 Å². The van der Waals surface area contributed by atoms with Gasteiger partial charge in [-0.1, -0.05) is 12.1 Å². The molecule has 2 heterocycles. The van der Waals surface area contributed by atoms with Gasteiger partial charge in [0.15, 0.2) is 0 Å². The number of anilines is 1. The van der Waals surface area contributed by atoms with Crippen LogP contribution in [0.25, 0.3) is 0 Å². The Morgan fingerprint density at radius 3 is 2.26 bits per heavy atom. The van der Waals surface area contributed by atoms with E-state index in [1.165, 1.54) is 4.90 Å². The number of carbonyl (C=O) groups excluding carboxylic acids is 1. The number of hydrogen-bond acceptors (Lipinski definition) is 4. The van der Waals surface area contributed by atoms with Crippen molar-refractivity contribution >= 4 is 21.6 Å². The zero-order chi connectivity index (χ0) is 16.4. The van der Waals surface area contributed by atoms with Gasteiger partial charge in [0.05, 0.1) is 0 Å². The van der Waals surface area contributed by atoms with E-state index in [0.29, 0.717) is 5.69 Å². The van der Waals surface area contributed by atoms with Crippen molar-refractivity contribution in [3.05, 3.63) is 59.9 Å². The third-order valence-corrected chi connectivity index (χ3v) is 5.20. The van der Waals surface area contributed by atoms with E-state index >= 15 is 0 Å². The molecule has 0 radical (unpaired) electrons. The highest BCUT2D eigenvalue weighted by Gasteiger charge is 2.37. The van der Waals surface area contributed by atoms with Crippen LogP contribution in [0.15, 0.2) is 48.8 Å². The van der Waals surface area contributed by atoms with Gasteiger partial charge in [-0.15, -0.1) is 0 Å². The van der Waals surface area contributed by atoms with Gasteiger partial charge in [-0.2, -0.15) is 0 Å². The SMILES string of the molecule is NS(=O)(=O)C1CC(=O)N(c2ccc(Cc3ccncc3)cc2)C1. The molecule has 1 aliphatic rings. The van der Waals surface area contributed by atoms with E-state index in [1.807, 2.05) is 36.4 Å². The van der Waals surface area contributed by atoms with Gasteiger partial charge in [-0.05, 0) is 41.8 Å². The molecule has 0 spiro atoms. The molecule has 6 nitrogen and oxygen atoms in total. The van der Waals surface area contributed by atoms with E-state index in [9.17, 15) is 13.2 Å². The molecular formula is C16H17N3O3S. The number of pyridine rings is 1. The zero-order valence-electron chi connectivity index (χ0n) is 12.4. The second-order valence-corrected chi connectivity index (χ2v) is 7.46. The van der Waals surface area contributed by atoms with E-state index in [0.717, 1.165) is 17.5 Å². The van der Waals surface area contributed by atoms with Crippen LogP contribution in [0.4, 0.5) is 5.69 Å². The lowest BCUT2D eigenvalue weighted by atomic mass is 10.1. The first-order valence-corrected chi connectivity index (χ1v) is 8.84. The highest BCUT2D eigenvalue weighted by atomic mass is 32.2. The van der Waals surface area contributed by atoms with Gasteiger partial charge in [0, 0.05) is 31.0 Å². The lowest BCUT2D eigenvalue weighted by Crippen LogP contribution is -2.32. The molecule has 23 heavy (non-hydrogen) atoms. The molecule has 2 N–H and O–H groups in total. The average molecular weight is 331 g/mol. The van der Waals surface area contributed by atoms with Crippen molar-refractivity contribution in [1.82, 2.24) is 4.98 Å². The largest absolute Gasteiger partial charge is 0.311 e. The summed E-state index contributed by atoms with van der Waals surface area (Å²) in [5, 5.41) is 4.31. The Morgan fingerprint density at radius 2 is 1.70 bits per heavy atom. The van der Waals surface area contributed by atoms with Crippen LogP contribution in [0.1, 0.15) is 17.5 Å². The minimum atomic E-state index is -3.69. The molecule has 1 fully saturated rings. The molecule has 0 saturated carbocycles. The smallest absolute Gasteiger partial charge is 0.228 e. The standard InChI is InChI=1S/C16H17N3O3S/c17-23(21,22)15-10-16(20)19(11-15)14-3-1-12(2-4-14)9-13-5-7-18-8-6-13/h1-8,15H,9-11H2,(H2,17,21,22). The zero-order valence-corrected chi connectivity index (χ0v) is 13.2. The van der Waals surface area contributed by atoms with Gasteiger partial charge in [0.1, 0.15) is 5.25 Å². The Hall–Kier alpha value is -2.25. The fourth-order valence-corrected chi connectivity index (χ4v) is 3.41. The van der Waals surface area contributed by atoms with Crippen LogP contribution in [0.5, 0.6) is 0 Å². The molecule has 1 aromatic heterocycles. The lowest BCUT2D eigenvalue weighted by molar-refractivity contribution is -0.117. The number of benzene rings is 1. The summed E-state index contributed by atoms with van der Waals surface area (Å²) in [6.45, 7) is 0.112. The Bertz CT molecular complexity index is 804. The van der Waals surface area contributed by atoms with Crippen LogP contribution in [-0.2, 0) is 21.2 Å². The molecule has 1 unspecified atom stereocenters. The third-order valence-electron chi connectivity index (χ3n) is 3.96. The molecular weight excluding hydrogens is 314 g/mol. The summed E-state index contributed by atoms with van der Waals surface area (Å²) in [5.74, 6) is -0.217. The molecule has 0 aliphatic carbocycles. The first-order valence-electron chi connectivity index (χ1n) is 7.23. The van der Waals surface area contributed by atoms with E-state index in [4.69, 9.17) is 5.14 Å². The number of aromatic nitrogens is 1. The minimum Gasteiger partial charge on any atom is -0.311 e. The summed E-state index contributed by atoms with van der Waals surface area (Å²) < 4.78 is 22.8. The quantitative estimate of drug-likeness (QED) is 0.907. The molecule has 7 heteroatoms. The number of primary sulfonamides is 1. The molecule has 3 rings (SSSR count). The number of nitrogens with zero attached hydrogens (tertiary/aromatic N) is 2. The Kier molecular flexibility index (Phi) is 4.14. The van der Waals surface area contributed by atoms with E-state index in [1.54, 1.807) is 12.4 Å². The molecule has 1 saturated heterocycles. The third kappa shape index (κ3) is 3.57. The maximum absolute atomic E-state index is 12.0. The summed E-state index contributed by atoms with van der Waals surface area (Å²) in [4.78, 5) is 17.5. The van der Waals surface area contributed by atoms with E-state index in [-0.39, 0.29) is 18.9 Å². The number of sulfonamides is 1.